The first-order valence-electron chi connectivity index (χ1n) is 20.1. The molecule has 292 valence electrons. The lowest BCUT2D eigenvalue weighted by atomic mass is 9.96. The second-order valence-corrected chi connectivity index (χ2v) is 14.3. The molecule has 5 aromatic rings. The van der Waals surface area contributed by atoms with Crippen LogP contribution in [0.25, 0.3) is 33.6 Å². The van der Waals surface area contributed by atoms with E-state index < -0.39 is 6.61 Å². The number of fused-ring (bicyclic) bond motifs is 2. The lowest BCUT2D eigenvalue weighted by Crippen LogP contribution is -2.45. The topological polar surface area (TPSA) is 144 Å². The van der Waals surface area contributed by atoms with Crippen molar-refractivity contribution in [3.8, 4) is 33.6 Å². The van der Waals surface area contributed by atoms with Crippen LogP contribution in [0.3, 0.4) is 0 Å². The molecule has 3 fully saturated rings. The van der Waals surface area contributed by atoms with Gasteiger partial charge in [-0.25, -0.2) is 9.97 Å². The number of piperidine rings is 2. The van der Waals surface area contributed by atoms with E-state index in [2.05, 4.69) is 77.3 Å². The van der Waals surface area contributed by atoms with Crippen molar-refractivity contribution in [1.29, 1.82) is 0 Å². The van der Waals surface area contributed by atoms with Crippen molar-refractivity contribution in [1.82, 2.24) is 29.7 Å². The van der Waals surface area contributed by atoms with Gasteiger partial charge < -0.3 is 30.6 Å². The van der Waals surface area contributed by atoms with Gasteiger partial charge in [0.25, 0.3) is 0 Å². The summed E-state index contributed by atoms with van der Waals surface area (Å²) < 4.78 is 0. The van der Waals surface area contributed by atoms with Crippen molar-refractivity contribution in [3.05, 3.63) is 109 Å². The molecule has 1 aliphatic carbocycles. The molecule has 1 saturated carbocycles. The lowest BCUT2D eigenvalue weighted by molar-refractivity contribution is -0.141. The highest BCUT2D eigenvalue weighted by molar-refractivity contribution is 5.80. The predicted molar refractivity (Wildman–Crippen MR) is 221 cm³/mol. The van der Waals surface area contributed by atoms with Gasteiger partial charge in [-0.15, -0.1) is 0 Å². The van der Waals surface area contributed by atoms with Crippen molar-refractivity contribution in [2.45, 2.75) is 104 Å². The summed E-state index contributed by atoms with van der Waals surface area (Å²) in [4.78, 5) is 45.1. The Morgan fingerprint density at radius 1 is 0.727 bits per heavy atom. The molecule has 8 rings (SSSR count). The molecule has 4 heterocycles. The molecule has 0 radical (unpaired) electrons. The Kier molecular flexibility index (Phi) is 15.0. The molecule has 2 saturated heterocycles. The van der Waals surface area contributed by atoms with Crippen molar-refractivity contribution in [2.75, 3.05) is 13.2 Å². The third-order valence-corrected chi connectivity index (χ3v) is 10.6. The van der Waals surface area contributed by atoms with E-state index in [9.17, 15) is 14.7 Å². The number of carbonyl (C=O) groups excluding carboxylic acids is 2. The second kappa shape index (κ2) is 20.0. The van der Waals surface area contributed by atoms with Gasteiger partial charge in [0.05, 0.1) is 42.4 Å². The number of nitrogens with two attached hydrogens (primary N) is 1. The number of amides is 2. The van der Waals surface area contributed by atoms with E-state index in [1.54, 1.807) is 4.90 Å². The van der Waals surface area contributed by atoms with Gasteiger partial charge in [0.15, 0.2) is 0 Å². The molecular formula is C45H59N7O3. The van der Waals surface area contributed by atoms with Gasteiger partial charge >= 0.3 is 0 Å². The number of aromatic nitrogens is 4. The van der Waals surface area contributed by atoms with Gasteiger partial charge in [-0.1, -0.05) is 119 Å². The summed E-state index contributed by atoms with van der Waals surface area (Å²) in [6.07, 6.45) is 10.9. The minimum atomic E-state index is -0.489. The maximum absolute atomic E-state index is 12.6. The van der Waals surface area contributed by atoms with Gasteiger partial charge in [-0.05, 0) is 73.6 Å². The molecule has 2 amide bonds. The van der Waals surface area contributed by atoms with Crippen LogP contribution in [0.2, 0.25) is 0 Å². The van der Waals surface area contributed by atoms with Crippen LogP contribution in [0.4, 0.5) is 0 Å². The molecule has 5 atom stereocenters. The van der Waals surface area contributed by atoms with Crippen molar-refractivity contribution < 1.29 is 14.7 Å². The first-order valence-corrected chi connectivity index (χ1v) is 20.1. The fraction of sp³-hybridized carbons (Fsp3) is 0.422. The van der Waals surface area contributed by atoms with Gasteiger partial charge in [0.2, 0.25) is 11.8 Å². The van der Waals surface area contributed by atoms with E-state index in [-0.39, 0.29) is 42.5 Å². The SMILES string of the molecule is CC.CCC.C[C@H]1CCC[C@@H](c2ncc(-c3ccc(-c4ccc(-c5cnc(C6C7CC[C@H](C7)N6C(=O)CN)[nH]5)cc4)cc3)[nH]2)N1C(=O)CO.c1ccccc1. The summed E-state index contributed by atoms with van der Waals surface area (Å²) in [7, 11) is 0. The molecule has 3 aliphatic rings. The molecule has 3 aromatic carbocycles. The molecule has 2 aromatic heterocycles. The number of imidazole rings is 2. The Balaban J connectivity index is 0.000000465. The minimum absolute atomic E-state index is 0.00327. The Morgan fingerprint density at radius 2 is 1.22 bits per heavy atom. The van der Waals surface area contributed by atoms with Crippen LogP contribution in [0, 0.1) is 5.92 Å². The van der Waals surface area contributed by atoms with Crippen LogP contribution < -0.4 is 5.73 Å². The van der Waals surface area contributed by atoms with Crippen LogP contribution in [0.5, 0.6) is 0 Å². The lowest BCUT2D eigenvalue weighted by Gasteiger charge is -2.39. The highest BCUT2D eigenvalue weighted by Gasteiger charge is 2.49. The Labute approximate surface area is 326 Å². The van der Waals surface area contributed by atoms with E-state index in [0.717, 1.165) is 83.8 Å². The van der Waals surface area contributed by atoms with Crippen molar-refractivity contribution >= 4 is 11.8 Å². The van der Waals surface area contributed by atoms with Gasteiger partial charge in [-0.2, -0.15) is 0 Å². The van der Waals surface area contributed by atoms with E-state index in [1.807, 2.05) is 74.5 Å². The van der Waals surface area contributed by atoms with Crippen LogP contribution in [0.15, 0.2) is 97.3 Å². The normalized spacial score (nSPS) is 21.0. The molecule has 2 aliphatic heterocycles. The summed E-state index contributed by atoms with van der Waals surface area (Å²) in [5, 5.41) is 9.50. The molecule has 2 unspecified atom stereocenters. The number of aliphatic hydroxyl groups excluding tert-OH is 1. The number of benzene rings is 3. The molecule has 10 nitrogen and oxygen atoms in total. The fourth-order valence-corrected chi connectivity index (χ4v) is 8.12. The van der Waals surface area contributed by atoms with Crippen LogP contribution >= 0.6 is 0 Å². The van der Waals surface area contributed by atoms with Gasteiger partial charge in [-0.3, -0.25) is 9.59 Å². The summed E-state index contributed by atoms with van der Waals surface area (Å²) in [5.41, 5.74) is 11.8. The number of aromatic amines is 2. The Hall–Kier alpha value is -5.06. The third kappa shape index (κ3) is 9.61. The zero-order valence-electron chi connectivity index (χ0n) is 33.1. The molecule has 5 N–H and O–H groups in total. The maximum Gasteiger partial charge on any atom is 0.249 e. The highest BCUT2D eigenvalue weighted by atomic mass is 16.3. The number of hydrogen-bond acceptors (Lipinski definition) is 6. The number of carbonyl (C=O) groups is 2. The molecule has 0 spiro atoms. The summed E-state index contributed by atoms with van der Waals surface area (Å²) in [6, 6.07) is 28.9. The number of rotatable bonds is 7. The van der Waals surface area contributed by atoms with Crippen LogP contribution in [0.1, 0.15) is 103 Å². The third-order valence-electron chi connectivity index (χ3n) is 10.6. The number of likely N-dealkylation sites (tertiary alicyclic amines) is 2. The van der Waals surface area contributed by atoms with Crippen molar-refractivity contribution in [3.63, 3.8) is 0 Å². The standard InChI is InChI=1S/C34H39N7O3.C6H6.C3H8.C2H6/c1-20-3-2-4-29(40(20)31(44)19-42)33-36-17-27(38-33)23-9-5-21(6-10-23)22-7-11-24(12-8-22)28-18-37-34(39-28)32-25-13-14-26(15-25)41(32)30(43)16-35;1-2-4-6-5-3-1;1-3-2;1-2/h5-12,17-18,20,25-26,29,32,42H,2-4,13-16,19,35H2,1H3,(H,36,38)(H,37,39);1-6H;3H2,1-2H3;1-2H3/t20-,25?,26+,29-,32?;;;/m0.../s1. The monoisotopic (exact) mass is 745 g/mol. The number of nitrogens with zero attached hydrogens (tertiary/aromatic N) is 4. The zero-order chi connectivity index (χ0) is 39.3. The summed E-state index contributed by atoms with van der Waals surface area (Å²) >= 11 is 0. The van der Waals surface area contributed by atoms with E-state index >= 15 is 0 Å². The van der Waals surface area contributed by atoms with Crippen molar-refractivity contribution in [2.24, 2.45) is 11.7 Å². The van der Waals surface area contributed by atoms with E-state index in [0.29, 0.717) is 5.92 Å². The largest absolute Gasteiger partial charge is 0.387 e. The average Bonchev–Trinajstić information content (AvgIpc) is 4.08. The summed E-state index contributed by atoms with van der Waals surface area (Å²) in [6.45, 7) is 9.82. The molecule has 10 heteroatoms. The quantitative estimate of drug-likeness (QED) is 0.131. The highest BCUT2D eigenvalue weighted by Crippen LogP contribution is 2.49. The molecular weight excluding hydrogens is 687 g/mol. The first kappa shape index (κ1) is 41.1. The number of nitrogens with one attached hydrogen (secondary N) is 2. The van der Waals surface area contributed by atoms with Crippen LogP contribution in [-0.4, -0.2) is 71.9 Å². The Morgan fingerprint density at radius 3 is 1.73 bits per heavy atom. The van der Waals surface area contributed by atoms with Gasteiger partial charge in [0, 0.05) is 12.1 Å². The fourth-order valence-electron chi connectivity index (χ4n) is 8.12. The van der Waals surface area contributed by atoms with E-state index in [4.69, 9.17) is 10.7 Å². The minimum Gasteiger partial charge on any atom is -0.387 e. The molecule has 2 bridgehead atoms. The zero-order valence-corrected chi connectivity index (χ0v) is 33.1. The Bertz CT molecular complexity index is 1880. The summed E-state index contributed by atoms with van der Waals surface area (Å²) in [5.74, 6) is 1.79. The molecule has 55 heavy (non-hydrogen) atoms. The maximum atomic E-state index is 12.6. The number of hydrogen-bond donors (Lipinski definition) is 4. The van der Waals surface area contributed by atoms with E-state index in [1.165, 1.54) is 6.42 Å². The smallest absolute Gasteiger partial charge is 0.249 e. The second-order valence-electron chi connectivity index (χ2n) is 14.3. The number of H-pyrrole nitrogens is 2. The first-order chi connectivity index (χ1) is 26.9. The average molecular weight is 746 g/mol. The van der Waals surface area contributed by atoms with Gasteiger partial charge in [0.1, 0.15) is 18.3 Å². The van der Waals surface area contributed by atoms with Crippen LogP contribution in [-0.2, 0) is 9.59 Å². The number of aliphatic hydroxyl groups is 1. The predicted octanol–water partition coefficient (Wildman–Crippen LogP) is 8.71.